The fraction of sp³-hybridized carbons (Fsp3) is 0.176. The smallest absolute Gasteiger partial charge is 0.224 e. The van der Waals surface area contributed by atoms with Crippen molar-refractivity contribution in [3.63, 3.8) is 0 Å². The molecular formula is C17H15F2NO2. The maximum atomic E-state index is 13.4. The molecule has 3 nitrogen and oxygen atoms in total. The largest absolute Gasteiger partial charge is 0.321 e. The van der Waals surface area contributed by atoms with Gasteiger partial charge in [-0.3, -0.25) is 9.59 Å². The van der Waals surface area contributed by atoms with Gasteiger partial charge in [0.15, 0.2) is 5.78 Å². The summed E-state index contributed by atoms with van der Waals surface area (Å²) in [5, 5.41) is 2.19. The Morgan fingerprint density at radius 2 is 1.50 bits per heavy atom. The fourth-order valence-corrected chi connectivity index (χ4v) is 2.00. The summed E-state index contributed by atoms with van der Waals surface area (Å²) in [4.78, 5) is 23.5. The highest BCUT2D eigenvalue weighted by molar-refractivity contribution is 5.96. The van der Waals surface area contributed by atoms with E-state index in [9.17, 15) is 18.4 Å². The maximum Gasteiger partial charge on any atom is 0.224 e. The summed E-state index contributed by atoms with van der Waals surface area (Å²) in [5.41, 5.74) is 0.130. The van der Waals surface area contributed by atoms with E-state index in [1.165, 1.54) is 6.07 Å². The summed E-state index contributed by atoms with van der Waals surface area (Å²) >= 11 is 0. The molecule has 0 aliphatic heterocycles. The third-order valence-electron chi connectivity index (χ3n) is 3.13. The lowest BCUT2D eigenvalue weighted by Gasteiger charge is -2.07. The SMILES string of the molecule is O=C(CCCC(=O)c1ccccc1)Nc1c(F)cccc1F. The van der Waals surface area contributed by atoms with Crippen molar-refractivity contribution in [2.75, 3.05) is 5.32 Å². The van der Waals surface area contributed by atoms with Gasteiger partial charge in [0.2, 0.25) is 5.91 Å². The topological polar surface area (TPSA) is 46.2 Å². The summed E-state index contributed by atoms with van der Waals surface area (Å²) in [6, 6.07) is 12.1. The van der Waals surface area contributed by atoms with Gasteiger partial charge in [0.05, 0.1) is 0 Å². The molecule has 0 saturated heterocycles. The number of hydrogen-bond acceptors (Lipinski definition) is 2. The number of rotatable bonds is 6. The van der Waals surface area contributed by atoms with Crippen molar-refractivity contribution in [2.45, 2.75) is 19.3 Å². The van der Waals surface area contributed by atoms with Gasteiger partial charge >= 0.3 is 0 Å². The number of Topliss-reactive ketones (excluding diaryl/α,β-unsaturated/α-hetero) is 1. The van der Waals surface area contributed by atoms with Crippen molar-refractivity contribution >= 4 is 17.4 Å². The van der Waals surface area contributed by atoms with Crippen molar-refractivity contribution in [3.8, 4) is 0 Å². The Morgan fingerprint density at radius 1 is 0.864 bits per heavy atom. The van der Waals surface area contributed by atoms with Gasteiger partial charge < -0.3 is 5.32 Å². The van der Waals surface area contributed by atoms with E-state index in [1.807, 2.05) is 6.07 Å². The number of benzene rings is 2. The fourth-order valence-electron chi connectivity index (χ4n) is 2.00. The minimum absolute atomic E-state index is 0.0202. The number of anilines is 1. The van der Waals surface area contributed by atoms with Crippen LogP contribution in [0.2, 0.25) is 0 Å². The second-order valence-electron chi connectivity index (χ2n) is 4.79. The molecule has 22 heavy (non-hydrogen) atoms. The average molecular weight is 303 g/mol. The lowest BCUT2D eigenvalue weighted by atomic mass is 10.1. The van der Waals surface area contributed by atoms with Crippen LogP contribution in [0.25, 0.3) is 0 Å². The number of halogens is 2. The third-order valence-corrected chi connectivity index (χ3v) is 3.13. The third kappa shape index (κ3) is 4.22. The summed E-state index contributed by atoms with van der Waals surface area (Å²) in [7, 11) is 0. The Hall–Kier alpha value is -2.56. The van der Waals surface area contributed by atoms with E-state index in [0.717, 1.165) is 12.1 Å². The number of carbonyl (C=O) groups excluding carboxylic acids is 2. The molecule has 5 heteroatoms. The van der Waals surface area contributed by atoms with Gasteiger partial charge in [-0.05, 0) is 18.6 Å². The zero-order valence-corrected chi connectivity index (χ0v) is 11.8. The van der Waals surface area contributed by atoms with Gasteiger partial charge in [-0.2, -0.15) is 0 Å². The van der Waals surface area contributed by atoms with Crippen LogP contribution in [0.3, 0.4) is 0 Å². The lowest BCUT2D eigenvalue weighted by molar-refractivity contribution is -0.116. The van der Waals surface area contributed by atoms with Gasteiger partial charge in [-0.25, -0.2) is 8.78 Å². The minimum Gasteiger partial charge on any atom is -0.321 e. The Morgan fingerprint density at radius 3 is 2.14 bits per heavy atom. The van der Waals surface area contributed by atoms with Crippen LogP contribution in [0.1, 0.15) is 29.6 Å². The number of amides is 1. The summed E-state index contributed by atoms with van der Waals surface area (Å²) in [6.45, 7) is 0. The highest BCUT2D eigenvalue weighted by Gasteiger charge is 2.12. The van der Waals surface area contributed by atoms with Crippen molar-refractivity contribution in [3.05, 3.63) is 65.7 Å². The van der Waals surface area contributed by atoms with E-state index in [0.29, 0.717) is 12.0 Å². The van der Waals surface area contributed by atoms with E-state index in [-0.39, 0.29) is 18.6 Å². The first-order chi connectivity index (χ1) is 10.6. The van der Waals surface area contributed by atoms with Crippen molar-refractivity contribution in [2.24, 2.45) is 0 Å². The molecule has 0 saturated carbocycles. The molecule has 0 aliphatic rings. The molecule has 0 unspecified atom stereocenters. The molecule has 0 heterocycles. The highest BCUT2D eigenvalue weighted by atomic mass is 19.1. The number of carbonyl (C=O) groups is 2. The van der Waals surface area contributed by atoms with Crippen molar-refractivity contribution in [1.82, 2.24) is 0 Å². The molecule has 0 bridgehead atoms. The van der Waals surface area contributed by atoms with E-state index >= 15 is 0 Å². The quantitative estimate of drug-likeness (QED) is 0.821. The van der Waals surface area contributed by atoms with Crippen LogP contribution in [0.5, 0.6) is 0 Å². The number of para-hydroxylation sites is 1. The highest BCUT2D eigenvalue weighted by Crippen LogP contribution is 2.18. The van der Waals surface area contributed by atoms with E-state index in [1.54, 1.807) is 24.3 Å². The van der Waals surface area contributed by atoms with Crippen LogP contribution in [0, 0.1) is 11.6 Å². The van der Waals surface area contributed by atoms with Gasteiger partial charge in [-0.15, -0.1) is 0 Å². The van der Waals surface area contributed by atoms with E-state index < -0.39 is 23.2 Å². The van der Waals surface area contributed by atoms with Gasteiger partial charge in [0, 0.05) is 18.4 Å². The van der Waals surface area contributed by atoms with Crippen LogP contribution >= 0.6 is 0 Å². The van der Waals surface area contributed by atoms with Crippen LogP contribution < -0.4 is 5.32 Å². The standard InChI is InChI=1S/C17H15F2NO2/c18-13-8-4-9-14(19)17(13)20-16(22)11-5-10-15(21)12-6-2-1-3-7-12/h1-4,6-9H,5,10-11H2,(H,20,22). The van der Waals surface area contributed by atoms with Gasteiger partial charge in [0.25, 0.3) is 0 Å². The molecule has 0 atom stereocenters. The molecule has 1 amide bonds. The predicted octanol–water partition coefficient (Wildman–Crippen LogP) is 3.96. The molecule has 0 aromatic heterocycles. The molecule has 2 aromatic carbocycles. The predicted molar refractivity (Wildman–Crippen MR) is 79.6 cm³/mol. The van der Waals surface area contributed by atoms with Crippen LogP contribution in [-0.4, -0.2) is 11.7 Å². The number of ketones is 1. The zero-order valence-electron chi connectivity index (χ0n) is 11.8. The first kappa shape index (κ1) is 15.8. The number of nitrogens with one attached hydrogen (secondary N) is 1. The maximum absolute atomic E-state index is 13.4. The Balaban J connectivity index is 1.82. The van der Waals surface area contributed by atoms with Gasteiger partial charge in [-0.1, -0.05) is 36.4 Å². The van der Waals surface area contributed by atoms with Crippen LogP contribution in [0.15, 0.2) is 48.5 Å². The molecule has 2 rings (SSSR count). The monoisotopic (exact) mass is 303 g/mol. The molecule has 0 spiro atoms. The Bertz CT molecular complexity index is 651. The van der Waals surface area contributed by atoms with Crippen molar-refractivity contribution < 1.29 is 18.4 Å². The molecule has 1 N–H and O–H groups in total. The normalized spacial score (nSPS) is 10.3. The zero-order chi connectivity index (χ0) is 15.9. The summed E-state index contributed by atoms with van der Waals surface area (Å²) < 4.78 is 26.7. The second kappa shape index (κ2) is 7.45. The first-order valence-electron chi connectivity index (χ1n) is 6.90. The average Bonchev–Trinajstić information content (AvgIpc) is 2.52. The summed E-state index contributed by atoms with van der Waals surface area (Å²) in [5.74, 6) is -2.24. The molecular weight excluding hydrogens is 288 g/mol. The molecule has 2 aromatic rings. The molecule has 0 aliphatic carbocycles. The molecule has 0 fully saturated rings. The van der Waals surface area contributed by atoms with Crippen LogP contribution in [-0.2, 0) is 4.79 Å². The number of hydrogen-bond donors (Lipinski definition) is 1. The summed E-state index contributed by atoms with van der Waals surface area (Å²) in [6.07, 6.45) is 0.541. The lowest BCUT2D eigenvalue weighted by Crippen LogP contribution is -2.14. The van der Waals surface area contributed by atoms with Crippen molar-refractivity contribution in [1.29, 1.82) is 0 Å². The van der Waals surface area contributed by atoms with Crippen LogP contribution in [0.4, 0.5) is 14.5 Å². The molecule has 114 valence electrons. The first-order valence-corrected chi connectivity index (χ1v) is 6.90. The Labute approximate surface area is 127 Å². The minimum atomic E-state index is -0.825. The van der Waals surface area contributed by atoms with Gasteiger partial charge in [0.1, 0.15) is 17.3 Å². The molecule has 0 radical (unpaired) electrons. The second-order valence-corrected chi connectivity index (χ2v) is 4.79. The van der Waals surface area contributed by atoms with E-state index in [4.69, 9.17) is 0 Å². The van der Waals surface area contributed by atoms with E-state index in [2.05, 4.69) is 5.32 Å². The Kier molecular flexibility index (Phi) is 5.36.